The number of carbonyl (C=O) groups excluding carboxylic acids is 2. The molecule has 27 heavy (non-hydrogen) atoms. The van der Waals surface area contributed by atoms with E-state index in [0.29, 0.717) is 18.9 Å². The van der Waals surface area contributed by atoms with Crippen molar-refractivity contribution in [2.75, 3.05) is 33.7 Å². The number of hydrogen-bond acceptors (Lipinski definition) is 2. The van der Waals surface area contributed by atoms with Gasteiger partial charge in [-0.25, -0.2) is 4.79 Å². The minimum absolute atomic E-state index is 0.0512. The lowest BCUT2D eigenvalue weighted by molar-refractivity contribution is -0.134. The molecule has 1 aromatic heterocycles. The number of aryl methyl sites for hydroxylation is 1. The van der Waals surface area contributed by atoms with Gasteiger partial charge in [-0.15, -0.1) is 0 Å². The number of piperidine rings is 1. The Labute approximate surface area is 160 Å². The first-order valence-corrected chi connectivity index (χ1v) is 9.72. The summed E-state index contributed by atoms with van der Waals surface area (Å²) in [6.07, 6.45) is 4.58. The molecular weight excluding hydrogens is 340 g/mol. The lowest BCUT2D eigenvalue weighted by Gasteiger charge is -2.36. The molecule has 5 rings (SSSR count). The third-order valence-electron chi connectivity index (χ3n) is 6.01. The number of aromatic nitrogens is 1. The van der Waals surface area contributed by atoms with Crippen LogP contribution in [0.15, 0.2) is 30.5 Å². The third-order valence-corrected chi connectivity index (χ3v) is 6.01. The molecule has 0 unspecified atom stereocenters. The molecule has 2 bridgehead atoms. The van der Waals surface area contributed by atoms with Gasteiger partial charge in [-0.1, -0.05) is 18.2 Å². The van der Waals surface area contributed by atoms with Gasteiger partial charge in [0.15, 0.2) is 0 Å². The first-order chi connectivity index (χ1) is 12.9. The number of carbonyl (C=O) groups is 2. The van der Waals surface area contributed by atoms with Crippen molar-refractivity contribution in [2.24, 2.45) is 13.0 Å². The van der Waals surface area contributed by atoms with Gasteiger partial charge in [-0.3, -0.25) is 4.79 Å². The maximum Gasteiger partial charge on any atom is 0.319 e. The van der Waals surface area contributed by atoms with Crippen molar-refractivity contribution in [2.45, 2.75) is 25.3 Å². The average Bonchev–Trinajstić information content (AvgIpc) is 2.83. The number of para-hydroxylation sites is 1. The van der Waals surface area contributed by atoms with E-state index in [1.165, 1.54) is 0 Å². The molecule has 4 heterocycles. The van der Waals surface area contributed by atoms with Crippen LogP contribution in [0.5, 0.6) is 0 Å². The van der Waals surface area contributed by atoms with Crippen molar-refractivity contribution < 1.29 is 9.59 Å². The second-order valence-electron chi connectivity index (χ2n) is 8.18. The number of hydrogen-bond donors (Lipinski definition) is 0. The van der Waals surface area contributed by atoms with E-state index in [4.69, 9.17) is 0 Å². The van der Waals surface area contributed by atoms with Gasteiger partial charge in [0.25, 0.3) is 0 Å². The fourth-order valence-electron chi connectivity index (χ4n) is 4.66. The van der Waals surface area contributed by atoms with Crippen molar-refractivity contribution in [3.8, 4) is 0 Å². The number of benzene rings is 1. The Bertz CT molecular complexity index is 872. The molecule has 2 aromatic rings. The van der Waals surface area contributed by atoms with Gasteiger partial charge < -0.3 is 19.3 Å². The van der Waals surface area contributed by atoms with Crippen LogP contribution in [0.3, 0.4) is 0 Å². The number of fused-ring (bicyclic) bond motifs is 5. The SMILES string of the molecule is CN(C)C(=O)N1C[C@@H]2CC[C@H](C1)N(C(=O)Cc1cn(C)c3ccccc13)C2. The lowest BCUT2D eigenvalue weighted by atomic mass is 9.94. The molecule has 2 atom stereocenters. The Balaban J connectivity index is 1.53. The Hall–Kier alpha value is -2.50. The van der Waals surface area contributed by atoms with E-state index in [1.807, 2.05) is 29.0 Å². The van der Waals surface area contributed by atoms with Gasteiger partial charge in [0, 0.05) is 63.9 Å². The smallest absolute Gasteiger partial charge is 0.319 e. The maximum atomic E-state index is 13.2. The standard InChI is InChI=1S/C21H28N4O2/c1-22(2)21(27)24-11-15-8-9-17(14-24)25(12-15)20(26)10-16-13-23(3)19-7-5-4-6-18(16)19/h4-7,13,15,17H,8-12,14H2,1-3H3/t15-,17+/m0/s1. The number of rotatable bonds is 2. The molecule has 0 N–H and O–H groups in total. The second kappa shape index (κ2) is 6.91. The molecule has 6 heteroatoms. The molecule has 6 nitrogen and oxygen atoms in total. The number of amides is 3. The van der Waals surface area contributed by atoms with Gasteiger partial charge in [-0.2, -0.15) is 0 Å². The lowest BCUT2D eigenvalue weighted by Crippen LogP contribution is -2.49. The highest BCUT2D eigenvalue weighted by Gasteiger charge is 2.38. The summed E-state index contributed by atoms with van der Waals surface area (Å²) in [5.74, 6) is 0.560. The van der Waals surface area contributed by atoms with Crippen LogP contribution in [0.2, 0.25) is 0 Å². The van der Waals surface area contributed by atoms with E-state index >= 15 is 0 Å². The predicted molar refractivity (Wildman–Crippen MR) is 106 cm³/mol. The largest absolute Gasteiger partial charge is 0.350 e. The fourth-order valence-corrected chi connectivity index (χ4v) is 4.66. The van der Waals surface area contributed by atoms with Gasteiger partial charge in [-0.05, 0) is 30.4 Å². The van der Waals surface area contributed by atoms with Crippen molar-refractivity contribution in [1.29, 1.82) is 0 Å². The summed E-state index contributed by atoms with van der Waals surface area (Å²) in [6.45, 7) is 2.17. The van der Waals surface area contributed by atoms with E-state index in [2.05, 4.69) is 22.9 Å². The first-order valence-electron chi connectivity index (χ1n) is 9.72. The van der Waals surface area contributed by atoms with Crippen LogP contribution in [0, 0.1) is 5.92 Å². The molecule has 3 aliphatic rings. The average molecular weight is 368 g/mol. The fraction of sp³-hybridized carbons (Fsp3) is 0.524. The summed E-state index contributed by atoms with van der Waals surface area (Å²) >= 11 is 0. The summed E-state index contributed by atoms with van der Waals surface area (Å²) in [5, 5.41) is 1.15. The molecule has 1 aromatic carbocycles. The van der Waals surface area contributed by atoms with Crippen LogP contribution in [-0.4, -0.2) is 71.0 Å². The summed E-state index contributed by atoms with van der Waals surface area (Å²) in [5.41, 5.74) is 2.24. The maximum absolute atomic E-state index is 13.2. The molecule has 3 amide bonds. The van der Waals surface area contributed by atoms with Crippen molar-refractivity contribution in [1.82, 2.24) is 19.3 Å². The molecule has 0 saturated carbocycles. The molecule has 3 fully saturated rings. The van der Waals surface area contributed by atoms with E-state index in [9.17, 15) is 9.59 Å². The van der Waals surface area contributed by atoms with Crippen LogP contribution in [0.25, 0.3) is 10.9 Å². The zero-order chi connectivity index (χ0) is 19.1. The first kappa shape index (κ1) is 17.9. The molecule has 144 valence electrons. The third kappa shape index (κ3) is 3.29. The van der Waals surface area contributed by atoms with Crippen LogP contribution >= 0.6 is 0 Å². The zero-order valence-corrected chi connectivity index (χ0v) is 16.4. The van der Waals surface area contributed by atoms with Crippen LogP contribution in [-0.2, 0) is 18.3 Å². The molecule has 3 aliphatic heterocycles. The predicted octanol–water partition coefficient (Wildman–Crippen LogP) is 2.33. The van der Waals surface area contributed by atoms with Gasteiger partial charge in [0.2, 0.25) is 5.91 Å². The number of nitrogens with zero attached hydrogens (tertiary/aromatic N) is 4. The normalized spacial score (nSPS) is 22.2. The van der Waals surface area contributed by atoms with Crippen LogP contribution in [0.1, 0.15) is 18.4 Å². The van der Waals surface area contributed by atoms with Gasteiger partial charge in [0.1, 0.15) is 0 Å². The minimum atomic E-state index is 0.0512. The van der Waals surface area contributed by atoms with E-state index in [0.717, 1.165) is 42.4 Å². The van der Waals surface area contributed by atoms with E-state index in [1.54, 1.807) is 19.0 Å². The monoisotopic (exact) mass is 368 g/mol. The van der Waals surface area contributed by atoms with Crippen molar-refractivity contribution in [3.05, 3.63) is 36.0 Å². The highest BCUT2D eigenvalue weighted by Crippen LogP contribution is 2.30. The van der Waals surface area contributed by atoms with Crippen LogP contribution in [0.4, 0.5) is 4.79 Å². The zero-order valence-electron chi connectivity index (χ0n) is 16.4. The number of urea groups is 1. The summed E-state index contributed by atoms with van der Waals surface area (Å²) in [6, 6.07) is 8.41. The molecule has 0 radical (unpaired) electrons. The quantitative estimate of drug-likeness (QED) is 0.817. The second-order valence-corrected chi connectivity index (χ2v) is 8.18. The van der Waals surface area contributed by atoms with Gasteiger partial charge in [0.05, 0.1) is 6.42 Å². The Morgan fingerprint density at radius 2 is 1.89 bits per heavy atom. The molecular formula is C21H28N4O2. The Kier molecular flexibility index (Phi) is 4.58. The molecule has 0 aliphatic carbocycles. The topological polar surface area (TPSA) is 48.8 Å². The summed E-state index contributed by atoms with van der Waals surface area (Å²) < 4.78 is 2.09. The van der Waals surface area contributed by atoms with Gasteiger partial charge >= 0.3 is 6.03 Å². The van der Waals surface area contributed by atoms with E-state index < -0.39 is 0 Å². The van der Waals surface area contributed by atoms with Crippen molar-refractivity contribution >= 4 is 22.8 Å². The minimum Gasteiger partial charge on any atom is -0.350 e. The van der Waals surface area contributed by atoms with Crippen LogP contribution < -0.4 is 0 Å². The summed E-state index contributed by atoms with van der Waals surface area (Å²) in [7, 11) is 5.60. The molecule has 3 saturated heterocycles. The Morgan fingerprint density at radius 3 is 2.67 bits per heavy atom. The summed E-state index contributed by atoms with van der Waals surface area (Å²) in [4.78, 5) is 31.2. The Morgan fingerprint density at radius 1 is 1.11 bits per heavy atom. The van der Waals surface area contributed by atoms with Crippen molar-refractivity contribution in [3.63, 3.8) is 0 Å². The molecule has 0 spiro atoms. The highest BCUT2D eigenvalue weighted by molar-refractivity contribution is 5.89. The highest BCUT2D eigenvalue weighted by atomic mass is 16.2. The van der Waals surface area contributed by atoms with E-state index in [-0.39, 0.29) is 18.0 Å².